The zero-order valence-electron chi connectivity index (χ0n) is 14.5. The van der Waals surface area contributed by atoms with Crippen LogP contribution >= 0.6 is 0 Å². The highest BCUT2D eigenvalue weighted by Gasteiger charge is 1.97. The molecule has 0 unspecified atom stereocenters. The van der Waals surface area contributed by atoms with Crippen LogP contribution in [0.1, 0.15) is 71.1 Å². The minimum Gasteiger partial charge on any atom is -0.422 e. The normalized spacial score (nSPS) is 9.22. The first-order valence-electron chi connectivity index (χ1n) is 8.77. The number of aromatic nitrogens is 1. The summed E-state index contributed by atoms with van der Waals surface area (Å²) in [7, 11) is 0. The van der Waals surface area contributed by atoms with E-state index < -0.39 is 0 Å². The van der Waals surface area contributed by atoms with Crippen LogP contribution in [0.4, 0.5) is 0 Å². The number of aryl methyl sites for hydroxylation is 1. The van der Waals surface area contributed by atoms with Crippen molar-refractivity contribution in [3.05, 3.63) is 36.0 Å². The van der Waals surface area contributed by atoms with E-state index in [1.165, 1.54) is 83.0 Å². The van der Waals surface area contributed by atoms with Gasteiger partial charge in [0.2, 0.25) is 0 Å². The second-order valence-electron chi connectivity index (χ2n) is 5.61. The van der Waals surface area contributed by atoms with E-state index in [1.54, 1.807) is 0 Å². The summed E-state index contributed by atoms with van der Waals surface area (Å²) in [5.41, 5.74) is 0. The van der Waals surface area contributed by atoms with E-state index in [0.29, 0.717) is 0 Å². The van der Waals surface area contributed by atoms with Gasteiger partial charge in [0.25, 0.3) is 0 Å². The molecule has 1 rings (SSSR count). The zero-order valence-corrected chi connectivity index (χ0v) is 14.5. The van der Waals surface area contributed by atoms with Gasteiger partial charge in [-0.15, -0.1) is 6.01 Å². The third kappa shape index (κ3) is 16.2. The molecule has 1 aromatic rings. The lowest BCUT2D eigenvalue weighted by atomic mass is 10.1. The van der Waals surface area contributed by atoms with Crippen LogP contribution < -0.4 is 4.57 Å². The molecule has 0 atom stereocenters. The first-order chi connectivity index (χ1) is 11.3. The molecule has 0 amide bonds. The Labute approximate surface area is 141 Å². The van der Waals surface area contributed by atoms with Crippen LogP contribution in [0.5, 0.6) is 0 Å². The van der Waals surface area contributed by atoms with Gasteiger partial charge in [-0.1, -0.05) is 64.4 Å². The van der Waals surface area contributed by atoms with E-state index in [9.17, 15) is 0 Å². The predicted molar refractivity (Wildman–Crippen MR) is 94.9 cm³/mol. The first-order valence-corrected chi connectivity index (χ1v) is 8.77. The van der Waals surface area contributed by atoms with Crippen LogP contribution in [0.3, 0.4) is 0 Å². The number of hydrogen-bond donors (Lipinski definition) is 0. The topological polar surface area (TPSA) is 62.3 Å². The van der Waals surface area contributed by atoms with Gasteiger partial charge in [-0.05, 0) is 6.42 Å². The molecule has 0 fully saturated rings. The fourth-order valence-corrected chi connectivity index (χ4v) is 2.39. The second kappa shape index (κ2) is 18.1. The lowest BCUT2D eigenvalue weighted by Crippen LogP contribution is -2.32. The number of nitrogens with zero attached hydrogens (tertiary/aromatic N) is 4. The fraction of sp³-hybridized carbons (Fsp3) is 0.632. The maximum Gasteiger partial charge on any atom is 0.168 e. The molecule has 0 aliphatic carbocycles. The predicted octanol–water partition coefficient (Wildman–Crippen LogP) is 5.11. The van der Waals surface area contributed by atoms with Crippen molar-refractivity contribution in [1.82, 2.24) is 0 Å². The highest BCUT2D eigenvalue weighted by Crippen LogP contribution is 2.10. The summed E-state index contributed by atoms with van der Waals surface area (Å²) in [5.74, 6) is 0. The summed E-state index contributed by atoms with van der Waals surface area (Å²) in [6.45, 7) is 3.46. The monoisotopic (exact) mass is 314 g/mol. The molecule has 0 spiro atoms. The van der Waals surface area contributed by atoms with Gasteiger partial charge >= 0.3 is 0 Å². The summed E-state index contributed by atoms with van der Waals surface area (Å²) >= 11 is 0. The van der Waals surface area contributed by atoms with Gasteiger partial charge in [-0.2, -0.15) is 5.26 Å². The Morgan fingerprint density at radius 3 is 1.83 bits per heavy atom. The summed E-state index contributed by atoms with van der Waals surface area (Å²) < 4.78 is 2.28. The zero-order chi connectivity index (χ0) is 17.0. The third-order valence-corrected chi connectivity index (χ3v) is 3.65. The molecule has 126 valence electrons. The van der Waals surface area contributed by atoms with Crippen molar-refractivity contribution in [2.75, 3.05) is 0 Å². The summed E-state index contributed by atoms with van der Waals surface area (Å²) in [4.78, 5) is 2.58. The van der Waals surface area contributed by atoms with E-state index in [2.05, 4.69) is 47.1 Å². The van der Waals surface area contributed by atoms with Crippen molar-refractivity contribution in [3.8, 4) is 6.19 Å². The number of aliphatic imine (C=N–C) groups is 1. The second-order valence-corrected chi connectivity index (χ2v) is 5.61. The van der Waals surface area contributed by atoms with Crippen molar-refractivity contribution in [2.45, 2.75) is 77.7 Å². The molecule has 0 aliphatic rings. The Bertz CT molecular complexity index is 444. The molecule has 23 heavy (non-hydrogen) atoms. The molecule has 0 radical (unpaired) electrons. The number of unbranched alkanes of at least 4 members (excludes halogenated alkanes) is 9. The number of rotatable bonds is 11. The Kier molecular flexibility index (Phi) is 16.5. The van der Waals surface area contributed by atoms with Gasteiger partial charge < -0.3 is 10.4 Å². The van der Waals surface area contributed by atoms with Gasteiger partial charge in [-0.3, -0.25) is 0 Å². The van der Waals surface area contributed by atoms with Gasteiger partial charge in [0.1, 0.15) is 6.54 Å². The van der Waals surface area contributed by atoms with Gasteiger partial charge in [0.05, 0.1) is 6.19 Å². The van der Waals surface area contributed by atoms with Crippen LogP contribution in [0.15, 0.2) is 35.6 Å². The largest absolute Gasteiger partial charge is 0.422 e. The first kappa shape index (κ1) is 21.0. The summed E-state index contributed by atoms with van der Waals surface area (Å²) in [6, 6.07) is 7.57. The minimum absolute atomic E-state index is 1.18. The van der Waals surface area contributed by atoms with Crippen molar-refractivity contribution in [2.24, 2.45) is 4.99 Å². The standard InChI is InChI=1S/C17H30N.C2N3/c1-2-3-4-5-6-7-8-9-10-12-15-18-16-13-11-14-17-18;3-1-5-2-4/h11,13-14,16-17H,2-10,12,15H2,1H3;/q+1;-1. The van der Waals surface area contributed by atoms with E-state index >= 15 is 0 Å². The van der Waals surface area contributed by atoms with E-state index in [0.717, 1.165) is 0 Å². The highest BCUT2D eigenvalue weighted by molar-refractivity contribution is 5.46. The summed E-state index contributed by atoms with van der Waals surface area (Å²) in [6.07, 6.45) is 19.7. The van der Waals surface area contributed by atoms with E-state index in [4.69, 9.17) is 10.7 Å². The molecule has 0 aliphatic heterocycles. The van der Waals surface area contributed by atoms with Gasteiger partial charge in [0.15, 0.2) is 12.4 Å². The lowest BCUT2D eigenvalue weighted by molar-refractivity contribution is -0.697. The van der Waals surface area contributed by atoms with Crippen LogP contribution in [0.2, 0.25) is 0 Å². The third-order valence-electron chi connectivity index (χ3n) is 3.65. The molecule has 0 saturated carbocycles. The van der Waals surface area contributed by atoms with Crippen molar-refractivity contribution in [1.29, 1.82) is 5.26 Å². The molecule has 0 N–H and O–H groups in total. The molecule has 1 aromatic heterocycles. The van der Waals surface area contributed by atoms with Gasteiger partial charge in [0, 0.05) is 18.6 Å². The van der Waals surface area contributed by atoms with Crippen LogP contribution in [-0.4, -0.2) is 6.01 Å². The average molecular weight is 314 g/mol. The maximum absolute atomic E-state index is 7.43. The van der Waals surface area contributed by atoms with Crippen LogP contribution in [-0.2, 0) is 6.54 Å². The Morgan fingerprint density at radius 2 is 1.39 bits per heavy atom. The maximum atomic E-state index is 7.43. The van der Waals surface area contributed by atoms with Crippen LogP contribution in [0, 0.1) is 11.5 Å². The summed E-state index contributed by atoms with van der Waals surface area (Å²) in [5, 5.41) is 14.9. The van der Waals surface area contributed by atoms with E-state index in [1.807, 2.05) is 0 Å². The number of pyridine rings is 1. The molecule has 1 heterocycles. The van der Waals surface area contributed by atoms with Crippen molar-refractivity contribution in [3.63, 3.8) is 0 Å². The van der Waals surface area contributed by atoms with Crippen molar-refractivity contribution < 1.29 is 4.57 Å². The molecule has 0 bridgehead atoms. The number of hydrogen-bond acceptors (Lipinski definition) is 2. The SMILES string of the molecule is CCCCCCCCCCCC[n+]1ccccc1.N#CN=C=[N-]. The smallest absolute Gasteiger partial charge is 0.168 e. The van der Waals surface area contributed by atoms with Gasteiger partial charge in [-0.25, -0.2) is 4.57 Å². The molecule has 4 heteroatoms. The fourth-order valence-electron chi connectivity index (χ4n) is 2.39. The van der Waals surface area contributed by atoms with E-state index in [-0.39, 0.29) is 0 Å². The van der Waals surface area contributed by atoms with Crippen molar-refractivity contribution >= 4 is 6.01 Å². The Hall–Kier alpha value is -1.98. The molecular weight excluding hydrogens is 284 g/mol. The highest BCUT2D eigenvalue weighted by atomic mass is 14.9. The Balaban J connectivity index is 0.000000841. The molecule has 0 aromatic carbocycles. The quantitative estimate of drug-likeness (QED) is 0.242. The molecular formula is C19H30N4. The van der Waals surface area contributed by atoms with Crippen LogP contribution in [0.25, 0.3) is 5.41 Å². The average Bonchev–Trinajstić information content (AvgIpc) is 2.59. The minimum atomic E-state index is 1.18. The number of nitriles is 1. The Morgan fingerprint density at radius 1 is 0.870 bits per heavy atom. The lowest BCUT2D eigenvalue weighted by Gasteiger charge is -2.01. The molecule has 0 saturated heterocycles. The molecule has 4 nitrogen and oxygen atoms in total.